The van der Waals surface area contributed by atoms with Crippen LogP contribution in [0.4, 0.5) is 14.5 Å². The van der Waals surface area contributed by atoms with Crippen LogP contribution in [0.1, 0.15) is 18.4 Å². The van der Waals surface area contributed by atoms with Gasteiger partial charge in [-0.05, 0) is 42.7 Å². The third kappa shape index (κ3) is 5.56. The van der Waals surface area contributed by atoms with Gasteiger partial charge in [-0.15, -0.1) is 0 Å². The topological polar surface area (TPSA) is 91.1 Å². The van der Waals surface area contributed by atoms with Crippen LogP contribution < -0.4 is 14.2 Å². The van der Waals surface area contributed by atoms with Crippen molar-refractivity contribution in [3.8, 4) is 17.2 Å². The van der Waals surface area contributed by atoms with Crippen LogP contribution in [0.25, 0.3) is 0 Å². The molecule has 0 spiro atoms. The molecule has 1 aliphatic rings. The molecule has 10 heteroatoms. The van der Waals surface area contributed by atoms with Crippen LogP contribution >= 0.6 is 0 Å². The van der Waals surface area contributed by atoms with Crippen LogP contribution in [0.5, 0.6) is 17.2 Å². The van der Waals surface area contributed by atoms with Crippen molar-refractivity contribution in [2.75, 3.05) is 13.7 Å². The van der Waals surface area contributed by atoms with E-state index < -0.39 is 11.5 Å². The lowest BCUT2D eigenvalue weighted by atomic mass is 10.2. The van der Waals surface area contributed by atoms with Gasteiger partial charge in [0.15, 0.2) is 18.1 Å². The number of carbonyl (C=O) groups excluding carboxylic acids is 1. The van der Waals surface area contributed by atoms with E-state index in [-0.39, 0.29) is 42.3 Å². The lowest BCUT2D eigenvalue weighted by molar-refractivity contribution is -0.384. The van der Waals surface area contributed by atoms with E-state index in [1.165, 1.54) is 37.4 Å². The average molecular weight is 422 g/mol. The first-order valence-electron chi connectivity index (χ1n) is 9.16. The van der Waals surface area contributed by atoms with Gasteiger partial charge in [0.05, 0.1) is 12.0 Å². The van der Waals surface area contributed by atoms with Crippen molar-refractivity contribution in [3.63, 3.8) is 0 Å². The van der Waals surface area contributed by atoms with E-state index in [4.69, 9.17) is 9.47 Å². The highest BCUT2D eigenvalue weighted by Crippen LogP contribution is 2.32. The molecule has 0 aliphatic heterocycles. The molecule has 1 fully saturated rings. The zero-order valence-corrected chi connectivity index (χ0v) is 16.1. The summed E-state index contributed by atoms with van der Waals surface area (Å²) in [5, 5.41) is 10.7. The molecular weight excluding hydrogens is 402 g/mol. The summed E-state index contributed by atoms with van der Waals surface area (Å²) in [6.45, 7) is -2.93. The third-order valence-corrected chi connectivity index (χ3v) is 4.51. The highest BCUT2D eigenvalue weighted by Gasteiger charge is 2.33. The largest absolute Gasteiger partial charge is 0.493 e. The van der Waals surface area contributed by atoms with Gasteiger partial charge in [0.2, 0.25) is 0 Å². The molecule has 0 aromatic heterocycles. The lowest BCUT2D eigenvalue weighted by Gasteiger charge is -2.23. The zero-order chi connectivity index (χ0) is 21.7. The Morgan fingerprint density at radius 3 is 2.47 bits per heavy atom. The molecule has 0 heterocycles. The summed E-state index contributed by atoms with van der Waals surface area (Å²) in [6.07, 6.45) is 1.74. The number of alkyl halides is 2. The molecule has 0 bridgehead atoms. The summed E-state index contributed by atoms with van der Waals surface area (Å²) in [4.78, 5) is 24.5. The number of nitro benzene ring substituents is 1. The normalized spacial score (nSPS) is 13.1. The highest BCUT2D eigenvalue weighted by atomic mass is 19.3. The fourth-order valence-corrected chi connectivity index (χ4v) is 2.90. The van der Waals surface area contributed by atoms with Crippen molar-refractivity contribution in [1.29, 1.82) is 0 Å². The average Bonchev–Trinajstić information content (AvgIpc) is 3.56. The number of hydrogen-bond acceptors (Lipinski definition) is 6. The smallest absolute Gasteiger partial charge is 0.387 e. The third-order valence-electron chi connectivity index (χ3n) is 4.51. The minimum atomic E-state index is -2.97. The number of halogens is 2. The number of amides is 1. The Labute approximate surface area is 171 Å². The Morgan fingerprint density at radius 2 is 1.90 bits per heavy atom. The van der Waals surface area contributed by atoms with Crippen molar-refractivity contribution in [1.82, 2.24) is 4.90 Å². The molecule has 2 aromatic carbocycles. The molecule has 3 rings (SSSR count). The predicted octanol–water partition coefficient (Wildman–Crippen LogP) is 3.77. The molecule has 2 aromatic rings. The summed E-state index contributed by atoms with van der Waals surface area (Å²) < 4.78 is 39.9. The van der Waals surface area contributed by atoms with Gasteiger partial charge in [-0.2, -0.15) is 8.78 Å². The number of nitrogens with zero attached hydrogens (tertiary/aromatic N) is 2. The van der Waals surface area contributed by atoms with Gasteiger partial charge in [0, 0.05) is 24.7 Å². The number of non-ortho nitro benzene ring substituents is 1. The fourth-order valence-electron chi connectivity index (χ4n) is 2.90. The van der Waals surface area contributed by atoms with E-state index >= 15 is 0 Å². The molecule has 0 saturated heterocycles. The number of nitro groups is 1. The van der Waals surface area contributed by atoms with E-state index in [2.05, 4.69) is 4.74 Å². The van der Waals surface area contributed by atoms with E-state index in [9.17, 15) is 23.7 Å². The van der Waals surface area contributed by atoms with Gasteiger partial charge in [-0.25, -0.2) is 0 Å². The minimum Gasteiger partial charge on any atom is -0.493 e. The molecule has 1 amide bonds. The Morgan fingerprint density at radius 1 is 1.20 bits per heavy atom. The first kappa shape index (κ1) is 21.3. The first-order valence-corrected chi connectivity index (χ1v) is 9.16. The van der Waals surface area contributed by atoms with E-state index in [1.807, 2.05) is 0 Å². The van der Waals surface area contributed by atoms with E-state index in [0.717, 1.165) is 12.8 Å². The number of hydrogen-bond donors (Lipinski definition) is 0. The van der Waals surface area contributed by atoms with Gasteiger partial charge in [-0.3, -0.25) is 14.9 Å². The second kappa shape index (κ2) is 9.38. The van der Waals surface area contributed by atoms with E-state index in [0.29, 0.717) is 11.3 Å². The summed E-state index contributed by atoms with van der Waals surface area (Å²) in [5.74, 6) is 0.169. The number of ether oxygens (including phenoxy) is 3. The Bertz CT molecular complexity index is 903. The number of methoxy groups -OCH3 is 1. The van der Waals surface area contributed by atoms with Crippen LogP contribution in [-0.2, 0) is 11.3 Å². The molecule has 0 radical (unpaired) electrons. The summed E-state index contributed by atoms with van der Waals surface area (Å²) in [6, 6.07) is 10.1. The van der Waals surface area contributed by atoms with Crippen LogP contribution in [0.2, 0.25) is 0 Å². The predicted molar refractivity (Wildman–Crippen MR) is 102 cm³/mol. The second-order valence-corrected chi connectivity index (χ2v) is 6.66. The fraction of sp³-hybridized carbons (Fsp3) is 0.350. The Kier molecular flexibility index (Phi) is 6.65. The van der Waals surface area contributed by atoms with E-state index in [1.54, 1.807) is 17.0 Å². The molecule has 1 aliphatic carbocycles. The van der Waals surface area contributed by atoms with Crippen molar-refractivity contribution in [2.24, 2.45) is 0 Å². The molecule has 30 heavy (non-hydrogen) atoms. The molecular formula is C20H20F2N2O6. The van der Waals surface area contributed by atoms with Crippen LogP contribution in [-0.4, -0.2) is 42.1 Å². The number of rotatable bonds is 10. The minimum absolute atomic E-state index is 0.0681. The van der Waals surface area contributed by atoms with Gasteiger partial charge in [0.25, 0.3) is 11.6 Å². The summed E-state index contributed by atoms with van der Waals surface area (Å²) in [7, 11) is 1.35. The number of benzene rings is 2. The van der Waals surface area contributed by atoms with Crippen molar-refractivity contribution >= 4 is 11.6 Å². The molecule has 0 unspecified atom stereocenters. The van der Waals surface area contributed by atoms with Crippen molar-refractivity contribution in [2.45, 2.75) is 32.0 Å². The quantitative estimate of drug-likeness (QED) is 0.428. The molecule has 0 atom stereocenters. The Hall–Kier alpha value is -3.43. The maximum absolute atomic E-state index is 12.7. The lowest BCUT2D eigenvalue weighted by Crippen LogP contribution is -2.36. The summed E-state index contributed by atoms with van der Waals surface area (Å²) >= 11 is 0. The SMILES string of the molecule is COc1cc(CN(C(=O)COc2ccc([N+](=O)[O-])cc2)C2CC2)ccc1OC(F)F. The Balaban J connectivity index is 1.64. The molecule has 8 nitrogen and oxygen atoms in total. The van der Waals surface area contributed by atoms with Crippen molar-refractivity contribution in [3.05, 3.63) is 58.1 Å². The summed E-state index contributed by atoms with van der Waals surface area (Å²) in [5.41, 5.74) is 0.630. The van der Waals surface area contributed by atoms with Gasteiger partial charge in [-0.1, -0.05) is 6.07 Å². The van der Waals surface area contributed by atoms with Crippen LogP contribution in [0.3, 0.4) is 0 Å². The highest BCUT2D eigenvalue weighted by molar-refractivity contribution is 5.78. The first-order chi connectivity index (χ1) is 14.4. The standard InChI is InChI=1S/C20H20F2N2O6/c1-28-18-10-13(2-9-17(18)30-20(21)22)11-23(14-3-4-14)19(25)12-29-16-7-5-15(6-8-16)24(26)27/h2,5-10,14,20H,3-4,11-12H2,1H3. The van der Waals surface area contributed by atoms with Crippen molar-refractivity contribution < 1.29 is 32.7 Å². The molecule has 1 saturated carbocycles. The molecule has 0 N–H and O–H groups in total. The zero-order valence-electron chi connectivity index (χ0n) is 16.1. The van der Waals surface area contributed by atoms with Gasteiger partial charge >= 0.3 is 6.61 Å². The van der Waals surface area contributed by atoms with Gasteiger partial charge < -0.3 is 19.1 Å². The number of carbonyl (C=O) groups is 1. The van der Waals surface area contributed by atoms with Crippen LogP contribution in [0.15, 0.2) is 42.5 Å². The van der Waals surface area contributed by atoms with Crippen LogP contribution in [0, 0.1) is 10.1 Å². The monoisotopic (exact) mass is 422 g/mol. The second-order valence-electron chi connectivity index (χ2n) is 6.66. The maximum atomic E-state index is 12.7. The maximum Gasteiger partial charge on any atom is 0.387 e. The van der Waals surface area contributed by atoms with Gasteiger partial charge in [0.1, 0.15) is 5.75 Å². The molecule has 160 valence electrons.